The van der Waals surface area contributed by atoms with Crippen LogP contribution in [-0.2, 0) is 41.7 Å². The average Bonchev–Trinajstić information content (AvgIpc) is 3.66. The number of fused-ring (bicyclic) bond motifs is 6. The molecule has 0 atom stereocenters. The van der Waals surface area contributed by atoms with Crippen molar-refractivity contribution < 1.29 is 0 Å². The first-order valence-corrected chi connectivity index (χ1v) is 21.3. The Hall–Kier alpha value is -5.28. The van der Waals surface area contributed by atoms with Gasteiger partial charge in [0.15, 0.2) is 0 Å². The van der Waals surface area contributed by atoms with Crippen molar-refractivity contribution >= 4 is 55.0 Å². The van der Waals surface area contributed by atoms with Gasteiger partial charge in [-0.2, -0.15) is 0 Å². The molecule has 0 saturated heterocycles. The molecule has 0 unspecified atom stereocenters. The Bertz CT molecular complexity index is 2770. The highest BCUT2D eigenvalue weighted by molar-refractivity contribution is 6.09. The molecule has 6 aromatic carbocycles. The van der Waals surface area contributed by atoms with Gasteiger partial charge < -0.3 is 14.0 Å². The van der Waals surface area contributed by atoms with E-state index in [1.807, 2.05) is 0 Å². The van der Waals surface area contributed by atoms with Crippen LogP contribution in [0, 0.1) is 0 Å². The third-order valence-corrected chi connectivity index (χ3v) is 13.3. The fourth-order valence-electron chi connectivity index (χ4n) is 9.17. The van der Waals surface area contributed by atoms with E-state index in [9.17, 15) is 0 Å². The lowest BCUT2D eigenvalue weighted by Gasteiger charge is -2.28. The Morgan fingerprint density at radius 1 is 0.448 bits per heavy atom. The van der Waals surface area contributed by atoms with Crippen molar-refractivity contribution in [2.24, 2.45) is 7.05 Å². The summed E-state index contributed by atoms with van der Waals surface area (Å²) in [7, 11) is 4.36. The van der Waals surface area contributed by atoms with Gasteiger partial charge in [0.05, 0.1) is 0 Å². The maximum atomic E-state index is 2.59. The van der Waals surface area contributed by atoms with E-state index in [2.05, 4.69) is 225 Å². The smallest absolute Gasteiger partial charge is 0.0491 e. The fraction of sp³-hybridized carbons (Fsp3) is 0.345. The summed E-state index contributed by atoms with van der Waals surface area (Å²) in [6, 6.07) is 48.6. The van der Waals surface area contributed by atoms with E-state index in [4.69, 9.17) is 0 Å². The monoisotopic (exact) mass is 766 g/mol. The van der Waals surface area contributed by atoms with Crippen LogP contribution >= 0.6 is 0 Å². The zero-order valence-corrected chi connectivity index (χ0v) is 37.1. The normalized spacial score (nSPS) is 13.0. The highest BCUT2D eigenvalue weighted by Gasteiger charge is 2.26. The van der Waals surface area contributed by atoms with E-state index >= 15 is 0 Å². The summed E-state index contributed by atoms with van der Waals surface area (Å²) in [5.74, 6) is 0. The molecule has 2 aromatic heterocycles. The lowest BCUT2D eigenvalue weighted by Crippen LogP contribution is -2.21. The van der Waals surface area contributed by atoms with Gasteiger partial charge in [-0.15, -0.1) is 0 Å². The molecule has 0 aliphatic rings. The third kappa shape index (κ3) is 7.23. The molecule has 3 nitrogen and oxygen atoms in total. The molecule has 8 rings (SSSR count). The van der Waals surface area contributed by atoms with E-state index in [0.29, 0.717) is 0 Å². The SMILES string of the molecule is CN(c1ccc(C(C)(C)C)cc1)c1ccc(C(C)(C)CCn2c3ccc(C(C)(C)C)cc3c3cc(C(C)(C)Cc4ccc5c6ccccc6n(C)c5c4)ccc32)cc1. The zero-order valence-electron chi connectivity index (χ0n) is 37.1. The van der Waals surface area contributed by atoms with Crippen molar-refractivity contribution in [3.63, 3.8) is 0 Å². The van der Waals surface area contributed by atoms with Crippen LogP contribution in [0.2, 0.25) is 0 Å². The van der Waals surface area contributed by atoms with Gasteiger partial charge in [-0.05, 0) is 123 Å². The summed E-state index contributed by atoms with van der Waals surface area (Å²) in [6.07, 6.45) is 1.99. The van der Waals surface area contributed by atoms with Crippen LogP contribution in [0.5, 0.6) is 0 Å². The number of aryl methyl sites for hydroxylation is 2. The maximum Gasteiger partial charge on any atom is 0.0491 e. The van der Waals surface area contributed by atoms with Crippen molar-refractivity contribution in [2.45, 2.75) is 110 Å². The number of hydrogen-bond acceptors (Lipinski definition) is 1. The highest BCUT2D eigenvalue weighted by atomic mass is 15.1. The highest BCUT2D eigenvalue weighted by Crippen LogP contribution is 2.39. The number of para-hydroxylation sites is 1. The Labute approximate surface area is 347 Å². The molecule has 0 spiro atoms. The molecule has 0 N–H and O–H groups in total. The molecular weight excluding hydrogens is 703 g/mol. The molecule has 8 aromatic rings. The third-order valence-electron chi connectivity index (χ3n) is 13.3. The lowest BCUT2D eigenvalue weighted by molar-refractivity contribution is 0.446. The molecule has 0 fully saturated rings. The minimum atomic E-state index is -0.0549. The van der Waals surface area contributed by atoms with Crippen LogP contribution in [0.4, 0.5) is 11.4 Å². The number of hydrogen-bond donors (Lipinski definition) is 0. The second-order valence-electron chi connectivity index (χ2n) is 20.4. The van der Waals surface area contributed by atoms with E-state index in [0.717, 1.165) is 19.4 Å². The summed E-state index contributed by atoms with van der Waals surface area (Å²) in [5.41, 5.74) is 14.6. The summed E-state index contributed by atoms with van der Waals surface area (Å²) < 4.78 is 4.94. The molecule has 0 bridgehead atoms. The quantitative estimate of drug-likeness (QED) is 0.143. The molecule has 2 heterocycles. The maximum absolute atomic E-state index is 2.59. The molecule has 0 radical (unpaired) electrons. The molecule has 0 amide bonds. The average molecular weight is 766 g/mol. The van der Waals surface area contributed by atoms with Gasteiger partial charge in [-0.1, -0.05) is 136 Å². The fourth-order valence-corrected chi connectivity index (χ4v) is 9.17. The Kier molecular flexibility index (Phi) is 9.70. The number of nitrogens with zero attached hydrogens (tertiary/aromatic N) is 3. The molecule has 58 heavy (non-hydrogen) atoms. The number of anilines is 2. The van der Waals surface area contributed by atoms with E-state index in [-0.39, 0.29) is 21.7 Å². The van der Waals surface area contributed by atoms with Crippen LogP contribution in [0.1, 0.15) is 103 Å². The Balaban J connectivity index is 1.08. The van der Waals surface area contributed by atoms with Crippen molar-refractivity contribution in [1.29, 1.82) is 0 Å². The van der Waals surface area contributed by atoms with E-state index in [1.165, 1.54) is 82.8 Å². The van der Waals surface area contributed by atoms with Crippen molar-refractivity contribution in [3.8, 4) is 0 Å². The van der Waals surface area contributed by atoms with Gasteiger partial charge in [-0.25, -0.2) is 0 Å². The standard InChI is InChI=1S/C55H63N3/c1-52(2,3)38-18-24-42(25-19-38)56(11)43-26-20-39(21-27-43)54(7,8)31-32-58-49-29-22-40(53(4,5)6)34-46(49)47-35-41(23-30-50(47)58)55(9,10)36-37-17-28-45-44-15-13-14-16-48(44)57(12)51(45)33-37/h13-30,33-35H,31-32,36H2,1-12H3. The number of benzene rings is 6. The molecule has 298 valence electrons. The first-order chi connectivity index (χ1) is 27.3. The van der Waals surface area contributed by atoms with Crippen LogP contribution in [0.3, 0.4) is 0 Å². The molecule has 0 aliphatic carbocycles. The van der Waals surface area contributed by atoms with Crippen LogP contribution < -0.4 is 4.90 Å². The Morgan fingerprint density at radius 2 is 0.966 bits per heavy atom. The second kappa shape index (κ2) is 14.2. The van der Waals surface area contributed by atoms with Crippen molar-refractivity contribution in [2.75, 3.05) is 11.9 Å². The summed E-state index contributed by atoms with van der Waals surface area (Å²) in [6.45, 7) is 24.3. The molecule has 0 saturated carbocycles. The van der Waals surface area contributed by atoms with E-state index < -0.39 is 0 Å². The van der Waals surface area contributed by atoms with Gasteiger partial charge in [0.25, 0.3) is 0 Å². The predicted octanol–water partition coefficient (Wildman–Crippen LogP) is 14.7. The number of aromatic nitrogens is 2. The minimum Gasteiger partial charge on any atom is -0.345 e. The topological polar surface area (TPSA) is 13.1 Å². The van der Waals surface area contributed by atoms with Crippen molar-refractivity contribution in [3.05, 3.63) is 155 Å². The van der Waals surface area contributed by atoms with Gasteiger partial charge in [0.2, 0.25) is 0 Å². The van der Waals surface area contributed by atoms with Crippen LogP contribution in [0.25, 0.3) is 43.6 Å². The van der Waals surface area contributed by atoms with Gasteiger partial charge >= 0.3 is 0 Å². The first kappa shape index (κ1) is 39.5. The van der Waals surface area contributed by atoms with Crippen LogP contribution in [-0.4, -0.2) is 16.2 Å². The largest absolute Gasteiger partial charge is 0.345 e. The first-order valence-electron chi connectivity index (χ1n) is 21.3. The van der Waals surface area contributed by atoms with Crippen molar-refractivity contribution in [1.82, 2.24) is 9.13 Å². The summed E-state index contributed by atoms with van der Waals surface area (Å²) >= 11 is 0. The molecule has 3 heteroatoms. The van der Waals surface area contributed by atoms with Gasteiger partial charge in [0.1, 0.15) is 0 Å². The van der Waals surface area contributed by atoms with Gasteiger partial charge in [0, 0.05) is 75.6 Å². The summed E-state index contributed by atoms with van der Waals surface area (Å²) in [4.78, 5) is 2.28. The predicted molar refractivity (Wildman–Crippen MR) is 253 cm³/mol. The second-order valence-corrected chi connectivity index (χ2v) is 20.4. The Morgan fingerprint density at radius 3 is 1.57 bits per heavy atom. The number of rotatable bonds is 9. The zero-order chi connectivity index (χ0) is 41.4. The van der Waals surface area contributed by atoms with E-state index in [1.54, 1.807) is 0 Å². The van der Waals surface area contributed by atoms with Crippen LogP contribution in [0.15, 0.2) is 127 Å². The molecular formula is C55H63N3. The minimum absolute atomic E-state index is 0.00699. The van der Waals surface area contributed by atoms with Gasteiger partial charge in [-0.3, -0.25) is 0 Å². The summed E-state index contributed by atoms with van der Waals surface area (Å²) in [5, 5.41) is 5.37. The lowest BCUT2D eigenvalue weighted by atomic mass is 9.78. The molecule has 0 aliphatic heterocycles.